The highest BCUT2D eigenvalue weighted by atomic mass is 35.5. The van der Waals surface area contributed by atoms with E-state index in [1.165, 1.54) is 24.3 Å². The third kappa shape index (κ3) is 4.22. The molecular weight excluding hydrogens is 311 g/mol. The molecule has 0 aromatic heterocycles. The average molecular weight is 325 g/mol. The molecule has 0 spiro atoms. The molecule has 2 atom stereocenters. The molecule has 0 aliphatic heterocycles. The van der Waals surface area contributed by atoms with Crippen molar-refractivity contribution in [3.05, 3.63) is 70.5 Å². The van der Waals surface area contributed by atoms with E-state index in [0.29, 0.717) is 10.6 Å². The number of carbonyl (C=O) groups excluding carboxylic acids is 1. The SMILES string of the molecule is CC(C(=O)c1ccc(F)cc1)S(=O)Cc1ccc(Cl)cc1. The molecule has 0 saturated heterocycles. The van der Waals surface area contributed by atoms with Crippen LogP contribution in [-0.4, -0.2) is 15.2 Å². The van der Waals surface area contributed by atoms with Gasteiger partial charge in [0, 0.05) is 27.1 Å². The van der Waals surface area contributed by atoms with Crippen molar-refractivity contribution in [1.29, 1.82) is 0 Å². The standard InChI is InChI=1S/C16H14ClFO2S/c1-11(16(19)13-4-8-15(18)9-5-13)21(20)10-12-2-6-14(17)7-3-12/h2-9,11H,10H2,1H3. The van der Waals surface area contributed by atoms with E-state index in [9.17, 15) is 13.4 Å². The van der Waals surface area contributed by atoms with Crippen LogP contribution >= 0.6 is 11.6 Å². The minimum Gasteiger partial charge on any atom is -0.293 e. The molecule has 0 amide bonds. The van der Waals surface area contributed by atoms with E-state index in [4.69, 9.17) is 11.6 Å². The largest absolute Gasteiger partial charge is 0.293 e. The molecule has 0 aliphatic carbocycles. The van der Waals surface area contributed by atoms with E-state index in [1.807, 2.05) is 0 Å². The minimum atomic E-state index is -1.34. The van der Waals surface area contributed by atoms with Gasteiger partial charge < -0.3 is 0 Å². The zero-order valence-electron chi connectivity index (χ0n) is 11.4. The lowest BCUT2D eigenvalue weighted by molar-refractivity contribution is 0.0992. The second-order valence-electron chi connectivity index (χ2n) is 4.66. The fourth-order valence-corrected chi connectivity index (χ4v) is 3.11. The lowest BCUT2D eigenvalue weighted by Crippen LogP contribution is -2.23. The maximum Gasteiger partial charge on any atom is 0.178 e. The zero-order chi connectivity index (χ0) is 15.4. The second-order valence-corrected chi connectivity index (χ2v) is 6.86. The van der Waals surface area contributed by atoms with Crippen LogP contribution in [0.2, 0.25) is 5.02 Å². The molecule has 2 aromatic rings. The normalized spacial score (nSPS) is 13.7. The fraction of sp³-hybridized carbons (Fsp3) is 0.188. The molecule has 110 valence electrons. The Kier molecular flexibility index (Phi) is 5.26. The van der Waals surface area contributed by atoms with Crippen LogP contribution in [0.1, 0.15) is 22.8 Å². The summed E-state index contributed by atoms with van der Waals surface area (Å²) < 4.78 is 25.1. The highest BCUT2D eigenvalue weighted by Gasteiger charge is 2.21. The third-order valence-corrected chi connectivity index (χ3v) is 4.99. The van der Waals surface area contributed by atoms with Gasteiger partial charge in [0.2, 0.25) is 0 Å². The Morgan fingerprint density at radius 1 is 1.14 bits per heavy atom. The molecule has 0 saturated carbocycles. The molecule has 0 bridgehead atoms. The summed E-state index contributed by atoms with van der Waals surface area (Å²) in [5.74, 6) is -0.366. The Labute approximate surface area is 130 Å². The molecule has 0 N–H and O–H groups in total. The molecule has 2 aromatic carbocycles. The Morgan fingerprint density at radius 2 is 1.71 bits per heavy atom. The van der Waals surface area contributed by atoms with Crippen LogP contribution in [0.15, 0.2) is 48.5 Å². The molecular formula is C16H14ClFO2S. The van der Waals surface area contributed by atoms with Gasteiger partial charge in [-0.25, -0.2) is 4.39 Å². The summed E-state index contributed by atoms with van der Waals surface area (Å²) >= 11 is 5.79. The van der Waals surface area contributed by atoms with Crippen LogP contribution in [-0.2, 0) is 16.6 Å². The highest BCUT2D eigenvalue weighted by Crippen LogP contribution is 2.15. The van der Waals surface area contributed by atoms with E-state index < -0.39 is 21.9 Å². The second kappa shape index (κ2) is 6.96. The van der Waals surface area contributed by atoms with E-state index >= 15 is 0 Å². The number of rotatable bonds is 5. The van der Waals surface area contributed by atoms with E-state index in [1.54, 1.807) is 31.2 Å². The number of carbonyl (C=O) groups is 1. The van der Waals surface area contributed by atoms with E-state index in [0.717, 1.165) is 5.56 Å². The van der Waals surface area contributed by atoms with Crippen LogP contribution in [0, 0.1) is 5.82 Å². The topological polar surface area (TPSA) is 34.1 Å². The summed E-state index contributed by atoms with van der Waals surface area (Å²) in [6, 6.07) is 12.3. The monoisotopic (exact) mass is 324 g/mol. The summed E-state index contributed by atoms with van der Waals surface area (Å²) in [6.45, 7) is 1.62. The van der Waals surface area contributed by atoms with Crippen LogP contribution in [0.5, 0.6) is 0 Å². The minimum absolute atomic E-state index is 0.248. The quantitative estimate of drug-likeness (QED) is 0.779. The molecule has 21 heavy (non-hydrogen) atoms. The van der Waals surface area contributed by atoms with Gasteiger partial charge in [-0.1, -0.05) is 23.7 Å². The zero-order valence-corrected chi connectivity index (χ0v) is 13.0. The molecule has 0 aliphatic rings. The van der Waals surface area contributed by atoms with Crippen molar-refractivity contribution < 1.29 is 13.4 Å². The Balaban J connectivity index is 2.06. The highest BCUT2D eigenvalue weighted by molar-refractivity contribution is 7.85. The van der Waals surface area contributed by atoms with Crippen molar-refractivity contribution in [2.24, 2.45) is 0 Å². The predicted molar refractivity (Wildman–Crippen MR) is 83.5 cm³/mol. The van der Waals surface area contributed by atoms with Gasteiger partial charge in [0.25, 0.3) is 0 Å². The van der Waals surface area contributed by atoms with Crippen molar-refractivity contribution in [2.75, 3.05) is 0 Å². The van der Waals surface area contributed by atoms with Crippen LogP contribution in [0.25, 0.3) is 0 Å². The number of ketones is 1. The first-order valence-electron chi connectivity index (χ1n) is 6.39. The number of hydrogen-bond donors (Lipinski definition) is 0. The van der Waals surface area contributed by atoms with Gasteiger partial charge in [0.15, 0.2) is 5.78 Å². The molecule has 0 heterocycles. The Bertz CT molecular complexity index is 653. The van der Waals surface area contributed by atoms with Crippen molar-refractivity contribution >= 4 is 28.2 Å². The average Bonchev–Trinajstić information content (AvgIpc) is 2.49. The molecule has 2 nitrogen and oxygen atoms in total. The third-order valence-electron chi connectivity index (χ3n) is 3.11. The number of hydrogen-bond acceptors (Lipinski definition) is 2. The van der Waals surface area contributed by atoms with Crippen LogP contribution in [0.4, 0.5) is 4.39 Å². The van der Waals surface area contributed by atoms with Crippen molar-refractivity contribution in [2.45, 2.75) is 17.9 Å². The number of benzene rings is 2. The van der Waals surface area contributed by atoms with Crippen molar-refractivity contribution in [1.82, 2.24) is 0 Å². The lowest BCUT2D eigenvalue weighted by atomic mass is 10.1. The molecule has 5 heteroatoms. The summed E-state index contributed by atoms with van der Waals surface area (Å²) in [6.07, 6.45) is 0. The van der Waals surface area contributed by atoms with Crippen LogP contribution in [0.3, 0.4) is 0 Å². The van der Waals surface area contributed by atoms with Gasteiger partial charge in [0.1, 0.15) is 5.82 Å². The maximum atomic E-state index is 12.8. The predicted octanol–water partition coefficient (Wildman–Crippen LogP) is 4.00. The summed E-state index contributed by atoms with van der Waals surface area (Å²) in [4.78, 5) is 12.2. The molecule has 0 fully saturated rings. The Hall–Kier alpha value is -1.52. The molecule has 0 radical (unpaired) electrons. The first-order chi connectivity index (χ1) is 9.97. The van der Waals surface area contributed by atoms with Gasteiger partial charge in [-0.15, -0.1) is 0 Å². The summed E-state index contributed by atoms with van der Waals surface area (Å²) in [5.41, 5.74) is 1.23. The Morgan fingerprint density at radius 3 is 2.29 bits per heavy atom. The van der Waals surface area contributed by atoms with Gasteiger partial charge in [0.05, 0.1) is 5.25 Å². The first-order valence-corrected chi connectivity index (χ1v) is 8.15. The molecule has 2 rings (SSSR count). The summed E-state index contributed by atoms with van der Waals surface area (Å²) in [5, 5.41) is -0.0360. The number of halogens is 2. The number of Topliss-reactive ketones (excluding diaryl/α,β-unsaturated/α-hetero) is 1. The smallest absolute Gasteiger partial charge is 0.178 e. The van der Waals surface area contributed by atoms with Gasteiger partial charge in [-0.2, -0.15) is 0 Å². The molecule has 2 unspecified atom stereocenters. The fourth-order valence-electron chi connectivity index (χ4n) is 1.84. The van der Waals surface area contributed by atoms with E-state index in [-0.39, 0.29) is 11.5 Å². The lowest BCUT2D eigenvalue weighted by Gasteiger charge is -2.11. The van der Waals surface area contributed by atoms with Gasteiger partial charge >= 0.3 is 0 Å². The van der Waals surface area contributed by atoms with Crippen molar-refractivity contribution in [3.8, 4) is 0 Å². The van der Waals surface area contributed by atoms with E-state index in [2.05, 4.69) is 0 Å². The maximum absolute atomic E-state index is 12.8. The summed E-state index contributed by atoms with van der Waals surface area (Å²) in [7, 11) is -1.34. The van der Waals surface area contributed by atoms with Gasteiger partial charge in [-0.3, -0.25) is 9.00 Å². The van der Waals surface area contributed by atoms with Crippen LogP contribution < -0.4 is 0 Å². The van der Waals surface area contributed by atoms with Crippen molar-refractivity contribution in [3.63, 3.8) is 0 Å². The first kappa shape index (κ1) is 15.9. The van der Waals surface area contributed by atoms with Gasteiger partial charge in [-0.05, 0) is 48.9 Å².